The standard InChI is InChI=1S/C8H9IN2/c1-5-4-6(8(10)11)2-3-7(5)9/h2-4H,1H3,(H3,10,11). The second-order valence-corrected chi connectivity index (χ2v) is 3.54. The van der Waals surface area contributed by atoms with Gasteiger partial charge in [0, 0.05) is 9.13 Å². The van der Waals surface area contributed by atoms with Crippen molar-refractivity contribution in [2.75, 3.05) is 0 Å². The summed E-state index contributed by atoms with van der Waals surface area (Å²) in [7, 11) is 0. The number of nitrogens with two attached hydrogens (primary N) is 1. The topological polar surface area (TPSA) is 49.9 Å². The zero-order chi connectivity index (χ0) is 8.43. The molecule has 0 aliphatic rings. The Labute approximate surface area is 79.4 Å². The van der Waals surface area contributed by atoms with E-state index in [-0.39, 0.29) is 5.84 Å². The summed E-state index contributed by atoms with van der Waals surface area (Å²) in [5.41, 5.74) is 7.27. The Morgan fingerprint density at radius 1 is 1.55 bits per heavy atom. The summed E-state index contributed by atoms with van der Waals surface area (Å²) in [6.45, 7) is 2.01. The highest BCUT2D eigenvalue weighted by Gasteiger charge is 1.98. The number of nitrogens with one attached hydrogen (secondary N) is 1. The van der Waals surface area contributed by atoms with Crippen molar-refractivity contribution in [2.45, 2.75) is 6.92 Å². The van der Waals surface area contributed by atoms with Crippen LogP contribution in [0.2, 0.25) is 0 Å². The molecule has 0 amide bonds. The molecular formula is C8H9IN2. The largest absolute Gasteiger partial charge is 0.384 e. The molecule has 0 saturated carbocycles. The van der Waals surface area contributed by atoms with E-state index in [4.69, 9.17) is 11.1 Å². The molecular weight excluding hydrogens is 251 g/mol. The minimum atomic E-state index is 0.129. The van der Waals surface area contributed by atoms with E-state index in [1.54, 1.807) is 0 Å². The van der Waals surface area contributed by atoms with Crippen LogP contribution in [0.15, 0.2) is 18.2 Å². The van der Waals surface area contributed by atoms with Gasteiger partial charge in [-0.05, 0) is 47.2 Å². The van der Waals surface area contributed by atoms with Crippen LogP contribution in [0.1, 0.15) is 11.1 Å². The smallest absolute Gasteiger partial charge is 0.122 e. The van der Waals surface area contributed by atoms with Crippen LogP contribution in [0.5, 0.6) is 0 Å². The minimum Gasteiger partial charge on any atom is -0.384 e. The first-order valence-corrected chi connectivity index (χ1v) is 4.29. The molecule has 2 nitrogen and oxygen atoms in total. The SMILES string of the molecule is Cc1cc(C(=N)N)ccc1I. The molecule has 0 atom stereocenters. The van der Waals surface area contributed by atoms with Crippen molar-refractivity contribution < 1.29 is 0 Å². The third kappa shape index (κ3) is 1.92. The zero-order valence-corrected chi connectivity index (χ0v) is 8.34. The second-order valence-electron chi connectivity index (χ2n) is 2.38. The van der Waals surface area contributed by atoms with Gasteiger partial charge in [0.15, 0.2) is 0 Å². The Balaban J connectivity index is 3.15. The lowest BCUT2D eigenvalue weighted by Gasteiger charge is -2.01. The van der Waals surface area contributed by atoms with Gasteiger partial charge in [-0.3, -0.25) is 5.41 Å². The van der Waals surface area contributed by atoms with Crippen LogP contribution in [0.4, 0.5) is 0 Å². The van der Waals surface area contributed by atoms with Gasteiger partial charge in [0.2, 0.25) is 0 Å². The monoisotopic (exact) mass is 260 g/mol. The van der Waals surface area contributed by atoms with Gasteiger partial charge < -0.3 is 5.73 Å². The van der Waals surface area contributed by atoms with Crippen molar-refractivity contribution >= 4 is 28.4 Å². The van der Waals surface area contributed by atoms with Crippen LogP contribution in [0.25, 0.3) is 0 Å². The van der Waals surface area contributed by atoms with Crippen LogP contribution in [0, 0.1) is 15.9 Å². The first kappa shape index (κ1) is 8.52. The first-order valence-electron chi connectivity index (χ1n) is 3.22. The molecule has 0 fully saturated rings. The normalized spacial score (nSPS) is 9.64. The fourth-order valence-electron chi connectivity index (χ4n) is 0.812. The molecule has 0 aliphatic carbocycles. The molecule has 3 heteroatoms. The van der Waals surface area contributed by atoms with Gasteiger partial charge in [-0.2, -0.15) is 0 Å². The Bertz CT molecular complexity index is 294. The number of hydrogen-bond donors (Lipinski definition) is 2. The van der Waals surface area contributed by atoms with Crippen molar-refractivity contribution in [3.05, 3.63) is 32.9 Å². The molecule has 58 valence electrons. The first-order chi connectivity index (χ1) is 5.11. The molecule has 1 aromatic rings. The van der Waals surface area contributed by atoms with Crippen LogP contribution < -0.4 is 5.73 Å². The van der Waals surface area contributed by atoms with E-state index in [1.165, 1.54) is 9.13 Å². The summed E-state index contributed by atoms with van der Waals surface area (Å²) in [5.74, 6) is 0.129. The maximum absolute atomic E-state index is 7.18. The average Bonchev–Trinajstić information content (AvgIpc) is 1.94. The van der Waals surface area contributed by atoms with Gasteiger partial charge in [-0.15, -0.1) is 0 Å². The van der Waals surface area contributed by atoms with E-state index >= 15 is 0 Å². The molecule has 0 spiro atoms. The highest BCUT2D eigenvalue weighted by molar-refractivity contribution is 14.1. The molecule has 3 N–H and O–H groups in total. The fraction of sp³-hybridized carbons (Fsp3) is 0.125. The Hall–Kier alpha value is -0.580. The summed E-state index contributed by atoms with van der Waals surface area (Å²) in [6, 6.07) is 5.74. The van der Waals surface area contributed by atoms with Crippen molar-refractivity contribution in [1.29, 1.82) is 5.41 Å². The van der Waals surface area contributed by atoms with Crippen molar-refractivity contribution in [2.24, 2.45) is 5.73 Å². The molecule has 0 aromatic heterocycles. The summed E-state index contributed by atoms with van der Waals surface area (Å²) in [6.07, 6.45) is 0. The van der Waals surface area contributed by atoms with Crippen molar-refractivity contribution in [3.8, 4) is 0 Å². The zero-order valence-electron chi connectivity index (χ0n) is 6.19. The van der Waals surface area contributed by atoms with Gasteiger partial charge in [0.05, 0.1) is 0 Å². The summed E-state index contributed by atoms with van der Waals surface area (Å²) in [4.78, 5) is 0. The van der Waals surface area contributed by atoms with E-state index in [9.17, 15) is 0 Å². The van der Waals surface area contributed by atoms with E-state index in [0.29, 0.717) is 0 Å². The number of hydrogen-bond acceptors (Lipinski definition) is 1. The number of rotatable bonds is 1. The van der Waals surface area contributed by atoms with Crippen LogP contribution in [-0.2, 0) is 0 Å². The summed E-state index contributed by atoms with van der Waals surface area (Å²) >= 11 is 2.25. The van der Waals surface area contributed by atoms with Gasteiger partial charge in [0.25, 0.3) is 0 Å². The Morgan fingerprint density at radius 3 is 2.64 bits per heavy atom. The van der Waals surface area contributed by atoms with E-state index in [1.807, 2.05) is 25.1 Å². The number of aryl methyl sites for hydroxylation is 1. The molecule has 0 bridgehead atoms. The van der Waals surface area contributed by atoms with Crippen LogP contribution in [-0.4, -0.2) is 5.84 Å². The van der Waals surface area contributed by atoms with Gasteiger partial charge in [-0.1, -0.05) is 6.07 Å². The maximum atomic E-state index is 7.18. The number of halogens is 1. The quantitative estimate of drug-likeness (QED) is 0.452. The molecule has 0 unspecified atom stereocenters. The second kappa shape index (κ2) is 3.21. The van der Waals surface area contributed by atoms with Crippen molar-refractivity contribution in [1.82, 2.24) is 0 Å². The van der Waals surface area contributed by atoms with Gasteiger partial charge in [0.1, 0.15) is 5.84 Å². The van der Waals surface area contributed by atoms with E-state index in [0.717, 1.165) is 5.56 Å². The third-order valence-corrected chi connectivity index (χ3v) is 2.68. The van der Waals surface area contributed by atoms with E-state index in [2.05, 4.69) is 22.6 Å². The Morgan fingerprint density at radius 2 is 2.18 bits per heavy atom. The minimum absolute atomic E-state index is 0.129. The maximum Gasteiger partial charge on any atom is 0.122 e. The van der Waals surface area contributed by atoms with Crippen LogP contribution >= 0.6 is 22.6 Å². The molecule has 0 radical (unpaired) electrons. The average molecular weight is 260 g/mol. The molecule has 0 aliphatic heterocycles. The molecule has 0 saturated heterocycles. The Kier molecular flexibility index (Phi) is 2.49. The number of benzene rings is 1. The third-order valence-electron chi connectivity index (χ3n) is 1.47. The molecule has 1 rings (SSSR count). The lowest BCUT2D eigenvalue weighted by molar-refractivity contribution is 1.37. The molecule has 1 aromatic carbocycles. The highest BCUT2D eigenvalue weighted by atomic mass is 127. The van der Waals surface area contributed by atoms with E-state index < -0.39 is 0 Å². The lowest BCUT2D eigenvalue weighted by atomic mass is 10.1. The highest BCUT2D eigenvalue weighted by Crippen LogP contribution is 2.12. The van der Waals surface area contributed by atoms with Crippen LogP contribution in [0.3, 0.4) is 0 Å². The fourth-order valence-corrected chi connectivity index (χ4v) is 1.15. The predicted molar refractivity (Wildman–Crippen MR) is 54.9 cm³/mol. The van der Waals surface area contributed by atoms with Gasteiger partial charge >= 0.3 is 0 Å². The van der Waals surface area contributed by atoms with Crippen molar-refractivity contribution in [3.63, 3.8) is 0 Å². The lowest BCUT2D eigenvalue weighted by Crippen LogP contribution is -2.11. The predicted octanol–water partition coefficient (Wildman–Crippen LogP) is 1.88. The molecule has 0 heterocycles. The van der Waals surface area contributed by atoms with Gasteiger partial charge in [-0.25, -0.2) is 0 Å². The summed E-state index contributed by atoms with van der Waals surface area (Å²) < 4.78 is 1.20. The number of nitrogen functional groups attached to an aromatic ring is 1. The molecule has 11 heavy (non-hydrogen) atoms. The number of amidine groups is 1. The summed E-state index contributed by atoms with van der Waals surface area (Å²) in [5, 5.41) is 7.18.